The molecule has 6 heteroatoms. The maximum atomic E-state index is 12.4. The maximum absolute atomic E-state index is 12.4. The van der Waals surface area contributed by atoms with Crippen molar-refractivity contribution in [2.24, 2.45) is 0 Å². The van der Waals surface area contributed by atoms with Gasteiger partial charge < -0.3 is 19.2 Å². The predicted octanol–water partition coefficient (Wildman–Crippen LogP) is 3.23. The van der Waals surface area contributed by atoms with E-state index in [0.29, 0.717) is 23.5 Å². The van der Waals surface area contributed by atoms with Crippen molar-refractivity contribution in [1.29, 1.82) is 0 Å². The van der Waals surface area contributed by atoms with Crippen molar-refractivity contribution in [2.45, 2.75) is 33.0 Å². The molecule has 0 aliphatic carbocycles. The van der Waals surface area contributed by atoms with Gasteiger partial charge in [0, 0.05) is 30.9 Å². The fourth-order valence-electron chi connectivity index (χ4n) is 3.56. The molecule has 0 saturated carbocycles. The Kier molecular flexibility index (Phi) is 5.15. The summed E-state index contributed by atoms with van der Waals surface area (Å²) in [5, 5.41) is 3.81. The summed E-state index contributed by atoms with van der Waals surface area (Å²) in [4.78, 5) is 16.6. The molecule has 1 N–H and O–H groups in total. The van der Waals surface area contributed by atoms with Crippen molar-refractivity contribution in [3.8, 4) is 17.1 Å². The summed E-state index contributed by atoms with van der Waals surface area (Å²) >= 11 is 0. The van der Waals surface area contributed by atoms with Gasteiger partial charge in [-0.3, -0.25) is 4.79 Å². The monoisotopic (exact) mass is 380 g/mol. The summed E-state index contributed by atoms with van der Waals surface area (Å²) in [5.41, 5.74) is 3.03. The van der Waals surface area contributed by atoms with Crippen molar-refractivity contribution in [1.82, 2.24) is 10.3 Å². The number of nitrogens with zero attached hydrogens (tertiary/aromatic N) is 1. The molecule has 28 heavy (non-hydrogen) atoms. The predicted molar refractivity (Wildman–Crippen MR) is 108 cm³/mol. The van der Waals surface area contributed by atoms with E-state index in [1.807, 2.05) is 32.9 Å². The van der Waals surface area contributed by atoms with E-state index < -0.39 is 0 Å². The van der Waals surface area contributed by atoms with E-state index >= 15 is 0 Å². The minimum Gasteiger partial charge on any atom is -0.487 e. The van der Waals surface area contributed by atoms with Crippen LogP contribution in [0, 0.1) is 13.8 Å². The van der Waals surface area contributed by atoms with Crippen LogP contribution in [-0.2, 0) is 4.74 Å². The minimum atomic E-state index is -0.101. The lowest BCUT2D eigenvalue weighted by Crippen LogP contribution is -2.46. The minimum absolute atomic E-state index is 0.0248. The molecule has 3 aromatic rings. The van der Waals surface area contributed by atoms with Gasteiger partial charge in [-0.25, -0.2) is 4.98 Å². The molecule has 0 bridgehead atoms. The molecule has 3 heterocycles. The summed E-state index contributed by atoms with van der Waals surface area (Å²) in [6, 6.07) is 8.91. The summed E-state index contributed by atoms with van der Waals surface area (Å²) in [5.74, 6) is 1.34. The van der Waals surface area contributed by atoms with Crippen molar-refractivity contribution in [3.05, 3.63) is 57.9 Å². The first-order chi connectivity index (χ1) is 13.5. The topological polar surface area (TPSA) is 73.6 Å². The highest BCUT2D eigenvalue weighted by atomic mass is 16.5. The fraction of sp³-hybridized carbons (Fsp3) is 0.364. The highest BCUT2D eigenvalue weighted by Crippen LogP contribution is 2.31. The van der Waals surface area contributed by atoms with Crippen LogP contribution in [0.4, 0.5) is 0 Å². The first-order valence-corrected chi connectivity index (χ1v) is 9.52. The highest BCUT2D eigenvalue weighted by molar-refractivity contribution is 5.75. The molecule has 0 spiro atoms. The lowest BCUT2D eigenvalue weighted by atomic mass is 10.0. The Bertz CT molecular complexity index is 1030. The van der Waals surface area contributed by atoms with Gasteiger partial charge in [0.05, 0.1) is 12.0 Å². The normalized spacial score (nSPS) is 18.2. The van der Waals surface area contributed by atoms with Gasteiger partial charge in [-0.1, -0.05) is 0 Å². The van der Waals surface area contributed by atoms with E-state index in [-0.39, 0.29) is 17.6 Å². The van der Waals surface area contributed by atoms with Crippen molar-refractivity contribution in [3.63, 3.8) is 0 Å². The molecule has 2 unspecified atom stereocenters. The van der Waals surface area contributed by atoms with Crippen LogP contribution in [-0.4, -0.2) is 36.9 Å². The number of ether oxygens (including phenoxy) is 2. The van der Waals surface area contributed by atoms with Gasteiger partial charge in [-0.05, 0) is 56.2 Å². The molecule has 0 radical (unpaired) electrons. The Morgan fingerprint density at radius 1 is 1.25 bits per heavy atom. The molecular weight excluding hydrogens is 356 g/mol. The summed E-state index contributed by atoms with van der Waals surface area (Å²) in [6.07, 6.45) is 1.57. The molecule has 6 nitrogen and oxygen atoms in total. The third-order valence-corrected chi connectivity index (χ3v) is 5.03. The van der Waals surface area contributed by atoms with Crippen LogP contribution in [0.5, 0.6) is 5.75 Å². The Morgan fingerprint density at radius 3 is 2.75 bits per heavy atom. The van der Waals surface area contributed by atoms with Crippen molar-refractivity contribution < 1.29 is 13.9 Å². The maximum Gasteiger partial charge on any atom is 0.230 e. The van der Waals surface area contributed by atoms with E-state index in [1.165, 1.54) is 6.07 Å². The van der Waals surface area contributed by atoms with E-state index in [9.17, 15) is 4.79 Å². The number of pyridine rings is 1. The second-order valence-electron chi connectivity index (χ2n) is 7.21. The van der Waals surface area contributed by atoms with Crippen LogP contribution in [0.3, 0.4) is 0 Å². The Morgan fingerprint density at radius 2 is 2.04 bits per heavy atom. The zero-order chi connectivity index (χ0) is 19.7. The molecular formula is C22H24N2O4. The number of hydrogen-bond acceptors (Lipinski definition) is 6. The number of hydrogen-bond donors (Lipinski definition) is 1. The quantitative estimate of drug-likeness (QED) is 0.749. The van der Waals surface area contributed by atoms with E-state index in [2.05, 4.69) is 10.3 Å². The van der Waals surface area contributed by atoms with Gasteiger partial charge in [0.25, 0.3) is 0 Å². The number of nitrogens with one attached hydrogen (secondary N) is 1. The first kappa shape index (κ1) is 18.7. The molecule has 0 amide bonds. The number of aryl methyl sites for hydroxylation is 2. The molecule has 146 valence electrons. The van der Waals surface area contributed by atoms with Crippen LogP contribution in [0.15, 0.2) is 45.7 Å². The molecule has 1 aliphatic rings. The molecule has 1 aromatic carbocycles. The lowest BCUT2D eigenvalue weighted by molar-refractivity contribution is -0.0353. The van der Waals surface area contributed by atoms with Gasteiger partial charge >= 0.3 is 0 Å². The third-order valence-electron chi connectivity index (χ3n) is 5.03. The SMILES string of the molecule is Cc1cc(-c2cc(=O)c3cccnc3o2)cc(C)c1OC(C)C1CNCCO1. The van der Waals surface area contributed by atoms with Crippen molar-refractivity contribution in [2.75, 3.05) is 19.7 Å². The number of morpholine rings is 1. The van der Waals surface area contributed by atoms with Gasteiger partial charge in [0.15, 0.2) is 5.43 Å². The molecule has 1 saturated heterocycles. The molecule has 4 rings (SSSR count). The molecule has 2 aromatic heterocycles. The Balaban J connectivity index is 1.65. The van der Waals surface area contributed by atoms with Crippen LogP contribution < -0.4 is 15.5 Å². The smallest absolute Gasteiger partial charge is 0.230 e. The molecule has 1 fully saturated rings. The van der Waals surface area contributed by atoms with Crippen LogP contribution in [0.2, 0.25) is 0 Å². The summed E-state index contributed by atoms with van der Waals surface area (Å²) in [6.45, 7) is 8.38. The number of fused-ring (bicyclic) bond motifs is 1. The largest absolute Gasteiger partial charge is 0.487 e. The van der Waals surface area contributed by atoms with E-state index in [1.54, 1.807) is 18.3 Å². The third kappa shape index (κ3) is 3.66. The van der Waals surface area contributed by atoms with Crippen molar-refractivity contribution >= 4 is 11.1 Å². The fourth-order valence-corrected chi connectivity index (χ4v) is 3.56. The van der Waals surface area contributed by atoms with Crippen LogP contribution >= 0.6 is 0 Å². The van der Waals surface area contributed by atoms with Gasteiger partial charge in [0.1, 0.15) is 23.7 Å². The van der Waals surface area contributed by atoms with Crippen LogP contribution in [0.1, 0.15) is 18.1 Å². The molecule has 2 atom stereocenters. The van der Waals surface area contributed by atoms with Gasteiger partial charge in [0.2, 0.25) is 5.71 Å². The van der Waals surface area contributed by atoms with Crippen LogP contribution in [0.25, 0.3) is 22.4 Å². The van der Waals surface area contributed by atoms with E-state index in [0.717, 1.165) is 35.5 Å². The number of benzene rings is 1. The Labute approximate surface area is 163 Å². The number of aromatic nitrogens is 1. The highest BCUT2D eigenvalue weighted by Gasteiger charge is 2.23. The molecule has 1 aliphatic heterocycles. The zero-order valence-electron chi connectivity index (χ0n) is 16.3. The van der Waals surface area contributed by atoms with Gasteiger partial charge in [-0.2, -0.15) is 0 Å². The summed E-state index contributed by atoms with van der Waals surface area (Å²) in [7, 11) is 0. The number of rotatable bonds is 4. The second kappa shape index (κ2) is 7.73. The lowest BCUT2D eigenvalue weighted by Gasteiger charge is -2.30. The van der Waals surface area contributed by atoms with Gasteiger partial charge in [-0.15, -0.1) is 0 Å². The first-order valence-electron chi connectivity index (χ1n) is 9.52. The Hall–Kier alpha value is -2.70. The average Bonchev–Trinajstić information content (AvgIpc) is 2.71. The standard InChI is InChI=1S/C22H24N2O4/c1-13-9-16(19-11-18(25)17-5-4-6-24-22(17)28-19)10-14(2)21(13)27-15(3)20-12-23-7-8-26-20/h4-6,9-11,15,20,23H,7-8,12H2,1-3H3. The summed E-state index contributed by atoms with van der Waals surface area (Å²) < 4.78 is 17.9. The second-order valence-corrected chi connectivity index (χ2v) is 7.21. The average molecular weight is 380 g/mol. The zero-order valence-corrected chi connectivity index (χ0v) is 16.3. The van der Waals surface area contributed by atoms with E-state index in [4.69, 9.17) is 13.9 Å².